The normalized spacial score (nSPS) is 15.3. The molecule has 3 nitrogen and oxygen atoms in total. The number of aliphatic hydroxyl groups is 1. The summed E-state index contributed by atoms with van der Waals surface area (Å²) in [4.78, 5) is 3.99. The topological polar surface area (TPSA) is 45.1 Å². The summed E-state index contributed by atoms with van der Waals surface area (Å²) in [6.07, 6.45) is 10.8. The van der Waals surface area contributed by atoms with Crippen molar-refractivity contribution >= 4 is 11.6 Å². The Morgan fingerprint density at radius 1 is 1.32 bits per heavy atom. The van der Waals surface area contributed by atoms with E-state index in [4.69, 9.17) is 11.6 Å². The van der Waals surface area contributed by atoms with Crippen LogP contribution < -0.4 is 5.32 Å². The first-order valence-electron chi connectivity index (χ1n) is 6.30. The molecule has 2 N–H and O–H groups in total. The van der Waals surface area contributed by atoms with Crippen LogP contribution in [0.15, 0.2) is 59.1 Å². The Kier molecular flexibility index (Phi) is 5.19. The summed E-state index contributed by atoms with van der Waals surface area (Å²) in [5.41, 5.74) is 2.44. The molecule has 4 heteroatoms. The van der Waals surface area contributed by atoms with Gasteiger partial charge >= 0.3 is 0 Å². The third kappa shape index (κ3) is 4.54. The van der Waals surface area contributed by atoms with E-state index in [9.17, 15) is 5.11 Å². The molecule has 0 aliphatic heterocycles. The molecule has 0 saturated carbocycles. The molecule has 0 unspecified atom stereocenters. The fourth-order valence-electron chi connectivity index (χ4n) is 1.87. The van der Waals surface area contributed by atoms with Crippen LogP contribution >= 0.6 is 11.6 Å². The molecule has 1 heterocycles. The van der Waals surface area contributed by atoms with Crippen LogP contribution in [-0.4, -0.2) is 23.2 Å². The fraction of sp³-hybridized carbons (Fsp3) is 0.267. The molecule has 1 aromatic rings. The van der Waals surface area contributed by atoms with Crippen molar-refractivity contribution in [3.63, 3.8) is 0 Å². The van der Waals surface area contributed by atoms with E-state index in [0.29, 0.717) is 5.03 Å². The van der Waals surface area contributed by atoms with E-state index in [1.807, 2.05) is 24.3 Å². The SMILES string of the molecule is OC1=C(Cl)C=C(CNCCc2ccncc2)CC=C1. The minimum absolute atomic E-state index is 0.133. The number of nitrogens with zero attached hydrogens (tertiary/aromatic N) is 1. The van der Waals surface area contributed by atoms with Crippen molar-refractivity contribution in [3.05, 3.63) is 64.7 Å². The zero-order valence-corrected chi connectivity index (χ0v) is 11.4. The number of hydrogen-bond donors (Lipinski definition) is 2. The molecule has 0 spiro atoms. The van der Waals surface area contributed by atoms with Crippen LogP contribution in [0.25, 0.3) is 0 Å². The van der Waals surface area contributed by atoms with E-state index in [1.165, 1.54) is 11.1 Å². The highest BCUT2D eigenvalue weighted by molar-refractivity contribution is 6.31. The number of hydrogen-bond acceptors (Lipinski definition) is 3. The monoisotopic (exact) mass is 276 g/mol. The molecule has 0 radical (unpaired) electrons. The van der Waals surface area contributed by atoms with Gasteiger partial charge in [0, 0.05) is 18.9 Å². The summed E-state index contributed by atoms with van der Waals surface area (Å²) in [5, 5.41) is 13.3. The van der Waals surface area contributed by atoms with Gasteiger partial charge in [0.05, 0.1) is 5.03 Å². The Hall–Kier alpha value is -1.58. The van der Waals surface area contributed by atoms with Crippen molar-refractivity contribution in [1.82, 2.24) is 10.3 Å². The number of rotatable bonds is 5. The highest BCUT2D eigenvalue weighted by atomic mass is 35.5. The molecule has 0 fully saturated rings. The first kappa shape index (κ1) is 13.8. The maximum Gasteiger partial charge on any atom is 0.133 e. The zero-order chi connectivity index (χ0) is 13.5. The highest BCUT2D eigenvalue weighted by Gasteiger charge is 2.04. The predicted octanol–water partition coefficient (Wildman–Crippen LogP) is 3.11. The number of aliphatic hydroxyl groups excluding tert-OH is 1. The van der Waals surface area contributed by atoms with Gasteiger partial charge in [-0.3, -0.25) is 4.98 Å². The van der Waals surface area contributed by atoms with Gasteiger partial charge in [-0.15, -0.1) is 0 Å². The van der Waals surface area contributed by atoms with Crippen molar-refractivity contribution in [2.45, 2.75) is 12.8 Å². The van der Waals surface area contributed by atoms with Gasteiger partial charge in [0.1, 0.15) is 5.76 Å². The summed E-state index contributed by atoms with van der Waals surface area (Å²) in [7, 11) is 0. The number of halogens is 1. The molecule has 100 valence electrons. The third-order valence-corrected chi connectivity index (χ3v) is 3.23. The highest BCUT2D eigenvalue weighted by Crippen LogP contribution is 2.18. The Morgan fingerprint density at radius 2 is 2.11 bits per heavy atom. The second kappa shape index (κ2) is 7.12. The number of nitrogens with one attached hydrogen (secondary N) is 1. The van der Waals surface area contributed by atoms with Crippen LogP contribution in [0, 0.1) is 0 Å². The molecule has 1 aliphatic carbocycles. The third-order valence-electron chi connectivity index (χ3n) is 2.92. The van der Waals surface area contributed by atoms with Crippen LogP contribution in [-0.2, 0) is 6.42 Å². The molecule has 2 rings (SSSR count). The number of pyridine rings is 1. The first-order valence-corrected chi connectivity index (χ1v) is 6.68. The van der Waals surface area contributed by atoms with E-state index >= 15 is 0 Å². The van der Waals surface area contributed by atoms with Crippen LogP contribution in [0.5, 0.6) is 0 Å². The summed E-state index contributed by atoms with van der Waals surface area (Å²) >= 11 is 5.94. The first-order chi connectivity index (χ1) is 9.25. The van der Waals surface area contributed by atoms with Crippen molar-refractivity contribution < 1.29 is 5.11 Å². The average molecular weight is 277 g/mol. The zero-order valence-electron chi connectivity index (χ0n) is 10.6. The second-order valence-electron chi connectivity index (χ2n) is 4.42. The fourth-order valence-corrected chi connectivity index (χ4v) is 2.09. The largest absolute Gasteiger partial charge is 0.506 e. The van der Waals surface area contributed by atoms with Gasteiger partial charge in [-0.1, -0.05) is 23.3 Å². The summed E-state index contributed by atoms with van der Waals surface area (Å²) in [6.45, 7) is 1.68. The standard InChI is InChI=1S/C15H17ClN2O/c16-14-10-13(2-1-3-15(14)19)11-18-9-6-12-4-7-17-8-5-12/h1,3-5,7-8,10,18-19H,2,6,9,11H2. The molecule has 0 aromatic carbocycles. The quantitative estimate of drug-likeness (QED) is 0.813. The van der Waals surface area contributed by atoms with Gasteiger partial charge in [-0.05, 0) is 49.2 Å². The van der Waals surface area contributed by atoms with E-state index in [-0.39, 0.29) is 5.76 Å². The molecule has 0 bridgehead atoms. The maximum atomic E-state index is 9.49. The van der Waals surface area contributed by atoms with Gasteiger partial charge in [0.2, 0.25) is 0 Å². The van der Waals surface area contributed by atoms with E-state index in [0.717, 1.165) is 25.9 Å². The van der Waals surface area contributed by atoms with Crippen LogP contribution in [0.4, 0.5) is 0 Å². The van der Waals surface area contributed by atoms with Gasteiger partial charge < -0.3 is 10.4 Å². The van der Waals surface area contributed by atoms with Crippen LogP contribution in [0.2, 0.25) is 0 Å². The molecule has 0 atom stereocenters. The molecule has 1 aliphatic rings. The number of aromatic nitrogens is 1. The smallest absolute Gasteiger partial charge is 0.133 e. The summed E-state index contributed by atoms with van der Waals surface area (Å²) in [6, 6.07) is 4.04. The molecule has 0 saturated heterocycles. The lowest BCUT2D eigenvalue weighted by Crippen LogP contribution is -2.20. The molecule has 1 aromatic heterocycles. The van der Waals surface area contributed by atoms with Crippen LogP contribution in [0.3, 0.4) is 0 Å². The minimum atomic E-state index is 0.133. The Labute approximate surface area is 118 Å². The lowest BCUT2D eigenvalue weighted by atomic mass is 10.1. The lowest BCUT2D eigenvalue weighted by molar-refractivity contribution is 0.431. The van der Waals surface area contributed by atoms with Gasteiger partial charge in [-0.25, -0.2) is 0 Å². The minimum Gasteiger partial charge on any atom is -0.506 e. The Bertz CT molecular complexity index is 506. The second-order valence-corrected chi connectivity index (χ2v) is 4.83. The number of allylic oxidation sites excluding steroid dienone is 4. The van der Waals surface area contributed by atoms with Crippen molar-refractivity contribution in [2.75, 3.05) is 13.1 Å². The molecule has 0 amide bonds. The van der Waals surface area contributed by atoms with Crippen LogP contribution in [0.1, 0.15) is 12.0 Å². The van der Waals surface area contributed by atoms with Gasteiger partial charge in [-0.2, -0.15) is 0 Å². The van der Waals surface area contributed by atoms with E-state index in [1.54, 1.807) is 18.5 Å². The molecular formula is C15H17ClN2O. The van der Waals surface area contributed by atoms with Crippen molar-refractivity contribution in [3.8, 4) is 0 Å². The average Bonchev–Trinajstić information content (AvgIpc) is 2.58. The van der Waals surface area contributed by atoms with Gasteiger partial charge in [0.15, 0.2) is 0 Å². The van der Waals surface area contributed by atoms with E-state index < -0.39 is 0 Å². The molecule has 19 heavy (non-hydrogen) atoms. The lowest BCUT2D eigenvalue weighted by Gasteiger charge is -2.07. The van der Waals surface area contributed by atoms with E-state index in [2.05, 4.69) is 10.3 Å². The van der Waals surface area contributed by atoms with Crippen molar-refractivity contribution in [1.29, 1.82) is 0 Å². The summed E-state index contributed by atoms with van der Waals surface area (Å²) in [5.74, 6) is 0.133. The molecular weight excluding hydrogens is 260 g/mol. The Balaban J connectivity index is 1.77. The summed E-state index contributed by atoms with van der Waals surface area (Å²) < 4.78 is 0. The Morgan fingerprint density at radius 3 is 2.89 bits per heavy atom. The van der Waals surface area contributed by atoms with Gasteiger partial charge in [0.25, 0.3) is 0 Å². The van der Waals surface area contributed by atoms with Crippen molar-refractivity contribution in [2.24, 2.45) is 0 Å². The maximum absolute atomic E-state index is 9.49. The predicted molar refractivity (Wildman–Crippen MR) is 78.2 cm³/mol.